The van der Waals surface area contributed by atoms with Crippen LogP contribution in [-0.4, -0.2) is 7.05 Å². The van der Waals surface area contributed by atoms with Crippen molar-refractivity contribution in [3.8, 4) is 0 Å². The highest BCUT2D eigenvalue weighted by Crippen LogP contribution is 2.27. The average molecular weight is 253 g/mol. The van der Waals surface area contributed by atoms with E-state index in [0.29, 0.717) is 0 Å². The molecule has 0 bridgehead atoms. The topological polar surface area (TPSA) is 3.24 Å². The summed E-state index contributed by atoms with van der Waals surface area (Å²) in [6.07, 6.45) is 0. The van der Waals surface area contributed by atoms with E-state index < -0.39 is 0 Å². The molecule has 2 aromatic carbocycles. The molecule has 0 N–H and O–H groups in total. The second-order valence-corrected chi connectivity index (χ2v) is 6.19. The van der Waals surface area contributed by atoms with Crippen LogP contribution >= 0.6 is 0 Å². The molecule has 0 saturated carbocycles. The Labute approximate surface area is 116 Å². The zero-order valence-corrected chi connectivity index (χ0v) is 12.6. The van der Waals surface area contributed by atoms with E-state index in [-0.39, 0.29) is 5.41 Å². The Balaban J connectivity index is 2.25. The third-order valence-electron chi connectivity index (χ3n) is 3.54. The molecule has 0 aliphatic heterocycles. The summed E-state index contributed by atoms with van der Waals surface area (Å²) < 4.78 is 0. The Kier molecular flexibility index (Phi) is 3.66. The van der Waals surface area contributed by atoms with E-state index in [1.807, 2.05) is 0 Å². The fourth-order valence-corrected chi connectivity index (χ4v) is 2.10. The first kappa shape index (κ1) is 13.7. The van der Waals surface area contributed by atoms with Crippen molar-refractivity contribution in [2.45, 2.75) is 33.1 Å². The van der Waals surface area contributed by atoms with Gasteiger partial charge in [0.2, 0.25) is 0 Å². The SMILES string of the molecule is Cc1ccc(N(C)c2ccc(C(C)(C)C)cc2)cc1. The molecule has 2 aromatic rings. The van der Waals surface area contributed by atoms with Gasteiger partial charge in [-0.05, 0) is 42.2 Å². The molecule has 0 aromatic heterocycles. The molecule has 0 unspecified atom stereocenters. The molecule has 0 spiro atoms. The van der Waals surface area contributed by atoms with Crippen LogP contribution in [0.4, 0.5) is 11.4 Å². The fraction of sp³-hybridized carbons (Fsp3) is 0.333. The molecule has 0 radical (unpaired) electrons. The Morgan fingerprint density at radius 2 is 1.16 bits per heavy atom. The summed E-state index contributed by atoms with van der Waals surface area (Å²) in [6.45, 7) is 8.84. The van der Waals surface area contributed by atoms with E-state index >= 15 is 0 Å². The quantitative estimate of drug-likeness (QED) is 0.723. The maximum absolute atomic E-state index is 2.24. The van der Waals surface area contributed by atoms with Crippen LogP contribution in [0.3, 0.4) is 0 Å². The number of benzene rings is 2. The van der Waals surface area contributed by atoms with Gasteiger partial charge in [-0.3, -0.25) is 0 Å². The number of anilines is 2. The normalized spacial score (nSPS) is 11.4. The van der Waals surface area contributed by atoms with Crippen molar-refractivity contribution < 1.29 is 0 Å². The fourth-order valence-electron chi connectivity index (χ4n) is 2.10. The molecular formula is C18H23N. The summed E-state index contributed by atoms with van der Waals surface area (Å²) in [4.78, 5) is 2.21. The molecule has 0 amide bonds. The second kappa shape index (κ2) is 5.08. The van der Waals surface area contributed by atoms with E-state index in [2.05, 4.69) is 88.2 Å². The zero-order valence-electron chi connectivity index (χ0n) is 12.6. The maximum Gasteiger partial charge on any atom is 0.0408 e. The number of nitrogens with zero attached hydrogens (tertiary/aromatic N) is 1. The molecular weight excluding hydrogens is 230 g/mol. The standard InChI is InChI=1S/C18H23N/c1-14-6-10-16(11-7-14)19(5)17-12-8-15(9-13-17)18(2,3)4/h6-13H,1-5H3. The van der Waals surface area contributed by atoms with Crippen LogP contribution in [0.5, 0.6) is 0 Å². The highest BCUT2D eigenvalue weighted by molar-refractivity contribution is 5.63. The monoisotopic (exact) mass is 253 g/mol. The highest BCUT2D eigenvalue weighted by atomic mass is 15.1. The van der Waals surface area contributed by atoms with Gasteiger partial charge in [-0.15, -0.1) is 0 Å². The van der Waals surface area contributed by atoms with Crippen LogP contribution in [0.1, 0.15) is 31.9 Å². The molecule has 100 valence electrons. The van der Waals surface area contributed by atoms with Crippen molar-refractivity contribution in [1.82, 2.24) is 0 Å². The third-order valence-corrected chi connectivity index (χ3v) is 3.54. The minimum absolute atomic E-state index is 0.209. The summed E-state index contributed by atoms with van der Waals surface area (Å²) in [5.41, 5.74) is 5.31. The molecule has 19 heavy (non-hydrogen) atoms. The molecule has 0 heterocycles. The van der Waals surface area contributed by atoms with Gasteiger partial charge in [0.25, 0.3) is 0 Å². The molecule has 0 saturated heterocycles. The van der Waals surface area contributed by atoms with Crippen molar-refractivity contribution in [3.05, 3.63) is 59.7 Å². The molecule has 0 atom stereocenters. The van der Waals surface area contributed by atoms with Crippen molar-refractivity contribution in [3.63, 3.8) is 0 Å². The Morgan fingerprint density at radius 1 is 0.737 bits per heavy atom. The number of aryl methyl sites for hydroxylation is 1. The largest absolute Gasteiger partial charge is 0.345 e. The van der Waals surface area contributed by atoms with Gasteiger partial charge in [-0.1, -0.05) is 50.6 Å². The second-order valence-electron chi connectivity index (χ2n) is 6.19. The Bertz CT molecular complexity index is 529. The van der Waals surface area contributed by atoms with Gasteiger partial charge in [-0.25, -0.2) is 0 Å². The van der Waals surface area contributed by atoms with E-state index in [4.69, 9.17) is 0 Å². The molecule has 0 fully saturated rings. The first-order valence-corrected chi connectivity index (χ1v) is 6.79. The lowest BCUT2D eigenvalue weighted by molar-refractivity contribution is 0.590. The van der Waals surface area contributed by atoms with Crippen LogP contribution in [0, 0.1) is 6.92 Å². The third kappa shape index (κ3) is 3.17. The van der Waals surface area contributed by atoms with Gasteiger partial charge < -0.3 is 4.90 Å². The first-order chi connectivity index (χ1) is 8.88. The summed E-state index contributed by atoms with van der Waals surface area (Å²) in [7, 11) is 2.11. The number of hydrogen-bond donors (Lipinski definition) is 0. The lowest BCUT2D eigenvalue weighted by Gasteiger charge is -2.23. The van der Waals surface area contributed by atoms with Gasteiger partial charge in [-0.2, -0.15) is 0 Å². The summed E-state index contributed by atoms with van der Waals surface area (Å²) in [6, 6.07) is 17.5. The van der Waals surface area contributed by atoms with Crippen molar-refractivity contribution in [1.29, 1.82) is 0 Å². The maximum atomic E-state index is 2.24. The predicted octanol–water partition coefficient (Wildman–Crippen LogP) is 5.06. The zero-order chi connectivity index (χ0) is 14.0. The summed E-state index contributed by atoms with van der Waals surface area (Å²) >= 11 is 0. The van der Waals surface area contributed by atoms with Gasteiger partial charge in [0, 0.05) is 18.4 Å². The molecule has 1 heteroatoms. The predicted molar refractivity (Wildman–Crippen MR) is 84.4 cm³/mol. The number of rotatable bonds is 2. The lowest BCUT2D eigenvalue weighted by atomic mass is 9.87. The average Bonchev–Trinajstić information content (AvgIpc) is 2.38. The van der Waals surface area contributed by atoms with Gasteiger partial charge in [0.05, 0.1) is 0 Å². The van der Waals surface area contributed by atoms with Crippen molar-refractivity contribution in [2.24, 2.45) is 0 Å². The van der Waals surface area contributed by atoms with Crippen molar-refractivity contribution >= 4 is 11.4 Å². The molecule has 2 rings (SSSR count). The van der Waals surface area contributed by atoms with Gasteiger partial charge in [0.15, 0.2) is 0 Å². The van der Waals surface area contributed by atoms with E-state index in [9.17, 15) is 0 Å². The van der Waals surface area contributed by atoms with Crippen LogP contribution < -0.4 is 4.90 Å². The molecule has 0 aliphatic rings. The van der Waals surface area contributed by atoms with Crippen LogP contribution in [0.15, 0.2) is 48.5 Å². The molecule has 0 aliphatic carbocycles. The minimum atomic E-state index is 0.209. The van der Waals surface area contributed by atoms with Crippen LogP contribution in [0.2, 0.25) is 0 Å². The summed E-state index contributed by atoms with van der Waals surface area (Å²) in [5.74, 6) is 0. The van der Waals surface area contributed by atoms with Gasteiger partial charge >= 0.3 is 0 Å². The van der Waals surface area contributed by atoms with E-state index in [1.165, 1.54) is 22.5 Å². The molecule has 1 nitrogen and oxygen atoms in total. The Morgan fingerprint density at radius 3 is 1.58 bits per heavy atom. The van der Waals surface area contributed by atoms with Crippen LogP contribution in [-0.2, 0) is 5.41 Å². The smallest absolute Gasteiger partial charge is 0.0408 e. The highest BCUT2D eigenvalue weighted by Gasteiger charge is 2.13. The summed E-state index contributed by atoms with van der Waals surface area (Å²) in [5, 5.41) is 0. The Hall–Kier alpha value is -1.76. The van der Waals surface area contributed by atoms with Crippen molar-refractivity contribution in [2.75, 3.05) is 11.9 Å². The van der Waals surface area contributed by atoms with Crippen LogP contribution in [0.25, 0.3) is 0 Å². The first-order valence-electron chi connectivity index (χ1n) is 6.79. The van der Waals surface area contributed by atoms with E-state index in [0.717, 1.165) is 0 Å². The minimum Gasteiger partial charge on any atom is -0.345 e. The van der Waals surface area contributed by atoms with Gasteiger partial charge in [0.1, 0.15) is 0 Å². The lowest BCUT2D eigenvalue weighted by Crippen LogP contribution is -2.12. The van der Waals surface area contributed by atoms with E-state index in [1.54, 1.807) is 0 Å². The number of hydrogen-bond acceptors (Lipinski definition) is 1.